The van der Waals surface area contributed by atoms with Crippen LogP contribution in [0, 0.1) is 0 Å². The van der Waals surface area contributed by atoms with E-state index in [-0.39, 0.29) is 11.2 Å². The molecule has 1 aliphatic heterocycles. The van der Waals surface area contributed by atoms with Gasteiger partial charge < -0.3 is 13.9 Å². The van der Waals surface area contributed by atoms with Crippen molar-refractivity contribution < 1.29 is 9.31 Å². The minimum Gasteiger partial charge on any atom is -0.398 e. The van der Waals surface area contributed by atoms with Crippen LogP contribution in [0.1, 0.15) is 47.6 Å². The molecule has 1 aliphatic rings. The molecule has 112 valence electrons. The minimum absolute atomic E-state index is 0.335. The van der Waals surface area contributed by atoms with Crippen molar-refractivity contribution in [3.05, 3.63) is 24.4 Å². The van der Waals surface area contributed by atoms with E-state index >= 15 is 0 Å². The number of aromatic nitrogens is 2. The van der Waals surface area contributed by atoms with Gasteiger partial charge in [0, 0.05) is 12.2 Å². The lowest BCUT2D eigenvalue weighted by atomic mass is 9.84. The van der Waals surface area contributed by atoms with Crippen molar-refractivity contribution in [1.29, 1.82) is 0 Å². The first-order valence-corrected chi connectivity index (χ1v) is 7.54. The molecule has 0 amide bonds. The highest BCUT2D eigenvalue weighted by Crippen LogP contribution is 2.36. The molecule has 0 aliphatic carbocycles. The topological polar surface area (TPSA) is 36.3 Å². The third kappa shape index (κ3) is 2.28. The van der Waals surface area contributed by atoms with Crippen LogP contribution in [0.5, 0.6) is 0 Å². The number of nitrogens with zero attached hydrogens (tertiary/aromatic N) is 2. The highest BCUT2D eigenvalue weighted by atomic mass is 16.7. The number of hydrogen-bond donors (Lipinski definition) is 0. The Balaban J connectivity index is 1.96. The van der Waals surface area contributed by atoms with Crippen molar-refractivity contribution in [2.45, 2.75) is 58.8 Å². The van der Waals surface area contributed by atoms with Crippen LogP contribution in [0.15, 0.2) is 24.4 Å². The summed E-state index contributed by atoms with van der Waals surface area (Å²) < 4.78 is 14.3. The van der Waals surface area contributed by atoms with E-state index in [1.807, 2.05) is 12.1 Å². The van der Waals surface area contributed by atoms with Gasteiger partial charge in [0.25, 0.3) is 0 Å². The van der Waals surface area contributed by atoms with Crippen molar-refractivity contribution in [1.82, 2.24) is 9.55 Å². The lowest BCUT2D eigenvalue weighted by molar-refractivity contribution is 0.00578. The van der Waals surface area contributed by atoms with Gasteiger partial charge in [0.1, 0.15) is 0 Å². The molecule has 2 aromatic heterocycles. The second-order valence-electron chi connectivity index (χ2n) is 7.05. The lowest BCUT2D eigenvalue weighted by Crippen LogP contribution is -2.41. The normalized spacial score (nSPS) is 20.6. The largest absolute Gasteiger partial charge is 0.514 e. The predicted octanol–water partition coefficient (Wildman–Crippen LogP) is 2.92. The average Bonchev–Trinajstić information content (AvgIpc) is 2.87. The second kappa shape index (κ2) is 4.58. The highest BCUT2D eigenvalue weighted by molar-refractivity contribution is 6.61. The smallest absolute Gasteiger partial charge is 0.398 e. The standard InChI is InChI=1S/C16H23BN2O2/c1-11(2)19-10-9-12-13(19)7-8-14(18-12)17-20-15(3,4)16(5,6)21-17/h7-11H,1-6H3. The van der Waals surface area contributed by atoms with Gasteiger partial charge in [-0.25, -0.2) is 0 Å². The highest BCUT2D eigenvalue weighted by Gasteiger charge is 2.52. The van der Waals surface area contributed by atoms with Gasteiger partial charge in [0.15, 0.2) is 0 Å². The minimum atomic E-state index is -0.401. The molecule has 1 saturated heterocycles. The molecule has 21 heavy (non-hydrogen) atoms. The van der Waals surface area contributed by atoms with Crippen LogP contribution in [-0.2, 0) is 9.31 Å². The molecule has 0 unspecified atom stereocenters. The summed E-state index contributed by atoms with van der Waals surface area (Å²) in [5.41, 5.74) is 2.29. The van der Waals surface area contributed by atoms with Gasteiger partial charge in [-0.15, -0.1) is 0 Å². The summed E-state index contributed by atoms with van der Waals surface area (Å²) in [6, 6.07) is 6.57. The van der Waals surface area contributed by atoms with Gasteiger partial charge in [-0.1, -0.05) is 0 Å². The van der Waals surface area contributed by atoms with Gasteiger partial charge in [0.2, 0.25) is 0 Å². The Hall–Kier alpha value is -1.33. The van der Waals surface area contributed by atoms with Crippen molar-refractivity contribution in [2.75, 3.05) is 0 Å². The zero-order valence-electron chi connectivity index (χ0n) is 13.7. The molecule has 4 nitrogen and oxygen atoms in total. The summed E-state index contributed by atoms with van der Waals surface area (Å²) in [7, 11) is -0.401. The van der Waals surface area contributed by atoms with E-state index in [0.29, 0.717) is 6.04 Å². The van der Waals surface area contributed by atoms with Gasteiger partial charge >= 0.3 is 7.12 Å². The first-order chi connectivity index (χ1) is 9.71. The van der Waals surface area contributed by atoms with E-state index < -0.39 is 7.12 Å². The molecule has 5 heteroatoms. The molecule has 0 atom stereocenters. The monoisotopic (exact) mass is 286 g/mol. The number of pyridine rings is 1. The van der Waals surface area contributed by atoms with E-state index in [4.69, 9.17) is 14.3 Å². The molecule has 3 heterocycles. The van der Waals surface area contributed by atoms with Gasteiger partial charge in [0.05, 0.1) is 27.8 Å². The van der Waals surface area contributed by atoms with Crippen molar-refractivity contribution in [3.63, 3.8) is 0 Å². The fraction of sp³-hybridized carbons (Fsp3) is 0.562. The third-order valence-electron chi connectivity index (χ3n) is 4.65. The maximum atomic E-state index is 6.06. The van der Waals surface area contributed by atoms with Gasteiger partial charge in [-0.2, -0.15) is 0 Å². The van der Waals surface area contributed by atoms with Gasteiger partial charge in [-0.05, 0) is 59.7 Å². The Morgan fingerprint density at radius 1 is 1.05 bits per heavy atom. The zero-order chi connectivity index (χ0) is 15.4. The second-order valence-corrected chi connectivity index (χ2v) is 7.05. The van der Waals surface area contributed by atoms with E-state index in [0.717, 1.165) is 16.6 Å². The summed E-state index contributed by atoms with van der Waals surface area (Å²) in [4.78, 5) is 4.72. The SMILES string of the molecule is CC(C)n1ccc2nc(B3OC(C)(C)C(C)(C)O3)ccc21. The molecule has 1 fully saturated rings. The molecule has 0 N–H and O–H groups in total. The Bertz CT molecular complexity index is 660. The van der Waals surface area contributed by atoms with E-state index in [1.165, 1.54) is 0 Å². The fourth-order valence-corrected chi connectivity index (χ4v) is 2.60. The molecule has 0 radical (unpaired) electrons. The quantitative estimate of drug-likeness (QED) is 0.796. The lowest BCUT2D eigenvalue weighted by Gasteiger charge is -2.32. The van der Waals surface area contributed by atoms with E-state index in [1.54, 1.807) is 0 Å². The van der Waals surface area contributed by atoms with Crippen molar-refractivity contribution in [3.8, 4) is 0 Å². The number of rotatable bonds is 2. The molecular weight excluding hydrogens is 263 g/mol. The summed E-state index contributed by atoms with van der Waals surface area (Å²) in [5.74, 6) is 0. The Morgan fingerprint density at radius 2 is 1.67 bits per heavy atom. The molecule has 0 saturated carbocycles. The van der Waals surface area contributed by atoms with Gasteiger partial charge in [-0.3, -0.25) is 4.98 Å². The average molecular weight is 286 g/mol. The van der Waals surface area contributed by atoms with Crippen LogP contribution < -0.4 is 5.59 Å². The fourth-order valence-electron chi connectivity index (χ4n) is 2.60. The van der Waals surface area contributed by atoms with Crippen LogP contribution in [0.2, 0.25) is 0 Å². The van der Waals surface area contributed by atoms with Crippen LogP contribution in [-0.4, -0.2) is 27.9 Å². The predicted molar refractivity (Wildman–Crippen MR) is 85.8 cm³/mol. The summed E-state index contributed by atoms with van der Waals surface area (Å²) in [5, 5.41) is 0. The first kappa shape index (κ1) is 14.6. The molecule has 2 aromatic rings. The molecule has 0 bridgehead atoms. The molecule has 3 rings (SSSR count). The number of fused-ring (bicyclic) bond motifs is 1. The van der Waals surface area contributed by atoms with E-state index in [9.17, 15) is 0 Å². The van der Waals surface area contributed by atoms with Crippen LogP contribution in [0.4, 0.5) is 0 Å². The Labute approximate surface area is 126 Å². The summed E-state index contributed by atoms with van der Waals surface area (Å²) in [6.45, 7) is 12.6. The van der Waals surface area contributed by atoms with Crippen LogP contribution in [0.3, 0.4) is 0 Å². The maximum Gasteiger partial charge on any atom is 0.514 e. The summed E-state index contributed by atoms with van der Waals surface area (Å²) in [6.07, 6.45) is 2.08. The molecule has 0 spiro atoms. The number of hydrogen-bond acceptors (Lipinski definition) is 3. The summed E-state index contributed by atoms with van der Waals surface area (Å²) >= 11 is 0. The first-order valence-electron chi connectivity index (χ1n) is 7.54. The molecule has 0 aromatic carbocycles. The molecular formula is C16H23BN2O2. The maximum absolute atomic E-state index is 6.06. The van der Waals surface area contributed by atoms with Crippen LogP contribution >= 0.6 is 0 Å². The Morgan fingerprint density at radius 3 is 2.24 bits per heavy atom. The third-order valence-corrected chi connectivity index (χ3v) is 4.65. The van der Waals surface area contributed by atoms with Crippen molar-refractivity contribution >= 4 is 23.7 Å². The van der Waals surface area contributed by atoms with Crippen molar-refractivity contribution in [2.24, 2.45) is 0 Å². The van der Waals surface area contributed by atoms with E-state index in [2.05, 4.69) is 58.4 Å². The zero-order valence-corrected chi connectivity index (χ0v) is 13.7. The van der Waals surface area contributed by atoms with Crippen LogP contribution in [0.25, 0.3) is 11.0 Å². The Kier molecular flexibility index (Phi) is 3.19.